The summed E-state index contributed by atoms with van der Waals surface area (Å²) < 4.78 is 40.7. The Kier molecular flexibility index (Phi) is 4.43. The Labute approximate surface area is 110 Å². The summed E-state index contributed by atoms with van der Waals surface area (Å²) in [5.74, 6) is -3.51. The lowest BCUT2D eigenvalue weighted by molar-refractivity contribution is -0.385. The Bertz CT molecular complexity index is 568. The highest BCUT2D eigenvalue weighted by Gasteiger charge is 2.39. The summed E-state index contributed by atoms with van der Waals surface area (Å²) in [7, 11) is 1.16. The van der Waals surface area contributed by atoms with Gasteiger partial charge in [-0.3, -0.25) is 19.7 Å². The quantitative estimate of drug-likeness (QED) is 0.359. The van der Waals surface area contributed by atoms with Gasteiger partial charge in [0.25, 0.3) is 0 Å². The predicted molar refractivity (Wildman–Crippen MR) is 59.7 cm³/mol. The second kappa shape index (κ2) is 5.68. The maximum Gasteiger partial charge on any atom is 0.450 e. The van der Waals surface area contributed by atoms with E-state index in [1.807, 2.05) is 0 Å². The van der Waals surface area contributed by atoms with E-state index in [4.69, 9.17) is 0 Å². The van der Waals surface area contributed by atoms with Gasteiger partial charge < -0.3 is 4.74 Å². The molecule has 0 spiro atoms. The molecular weight excluding hydrogens is 283 g/mol. The van der Waals surface area contributed by atoms with Gasteiger partial charge in [0, 0.05) is 11.6 Å². The van der Waals surface area contributed by atoms with Crippen LogP contribution in [0, 0.1) is 10.1 Å². The van der Waals surface area contributed by atoms with Crippen molar-refractivity contribution in [1.29, 1.82) is 0 Å². The van der Waals surface area contributed by atoms with Crippen molar-refractivity contribution >= 4 is 17.3 Å². The van der Waals surface area contributed by atoms with E-state index in [0.717, 1.165) is 25.3 Å². The van der Waals surface area contributed by atoms with Crippen LogP contribution in [0.2, 0.25) is 0 Å². The van der Waals surface area contributed by atoms with Crippen LogP contribution in [-0.4, -0.2) is 29.8 Å². The third-order valence-electron chi connectivity index (χ3n) is 2.33. The Morgan fingerprint density at radius 2 is 1.95 bits per heavy atom. The number of halogens is 3. The van der Waals surface area contributed by atoms with E-state index in [0.29, 0.717) is 0 Å². The van der Waals surface area contributed by atoms with Crippen LogP contribution in [0.25, 0.3) is 0 Å². The molecule has 108 valence electrons. The third kappa shape index (κ3) is 3.53. The molecule has 0 bridgehead atoms. The second-order valence-electron chi connectivity index (χ2n) is 3.66. The molecule has 0 aromatic heterocycles. The first kappa shape index (κ1) is 15.6. The van der Waals surface area contributed by atoms with Crippen molar-refractivity contribution in [2.75, 3.05) is 7.11 Å². The molecule has 0 saturated heterocycles. The number of nitrogens with zero attached hydrogens (tertiary/aromatic N) is 1. The van der Waals surface area contributed by atoms with Crippen LogP contribution in [0.15, 0.2) is 18.2 Å². The summed E-state index contributed by atoms with van der Waals surface area (Å²) >= 11 is 0. The second-order valence-corrected chi connectivity index (χ2v) is 3.66. The van der Waals surface area contributed by atoms with E-state index in [9.17, 15) is 32.9 Å². The van der Waals surface area contributed by atoms with Crippen LogP contribution < -0.4 is 4.74 Å². The number of methoxy groups -OCH3 is 1. The highest BCUT2D eigenvalue weighted by atomic mass is 19.4. The number of Topliss-reactive ketones (excluding diaryl/α,β-unsaturated/α-hetero) is 2. The molecule has 0 atom stereocenters. The molecule has 0 N–H and O–H groups in total. The molecule has 0 aliphatic carbocycles. The fourth-order valence-corrected chi connectivity index (χ4v) is 1.35. The molecule has 0 amide bonds. The molecular formula is C11H8F3NO5. The number of ether oxygens (including phenoxy) is 1. The first-order valence-electron chi connectivity index (χ1n) is 5.12. The number of carbonyl (C=O) groups excluding carboxylic acids is 2. The normalized spacial score (nSPS) is 11.0. The summed E-state index contributed by atoms with van der Waals surface area (Å²) in [5.41, 5.74) is -0.937. The van der Waals surface area contributed by atoms with Crippen molar-refractivity contribution in [3.63, 3.8) is 0 Å². The number of carbonyl (C=O) groups is 2. The number of benzene rings is 1. The fourth-order valence-electron chi connectivity index (χ4n) is 1.35. The predicted octanol–water partition coefficient (Wildman–Crippen LogP) is 2.31. The average molecular weight is 291 g/mol. The topological polar surface area (TPSA) is 86.5 Å². The number of hydrogen-bond donors (Lipinski definition) is 0. The first-order chi connectivity index (χ1) is 9.16. The minimum atomic E-state index is -5.12. The Morgan fingerprint density at radius 3 is 2.40 bits per heavy atom. The SMILES string of the molecule is COc1ccc(C(=O)CC(=O)C(F)(F)F)cc1[N+](=O)[O-]. The summed E-state index contributed by atoms with van der Waals surface area (Å²) in [5, 5.41) is 10.7. The largest absolute Gasteiger partial charge is 0.490 e. The molecule has 1 rings (SSSR count). The minimum Gasteiger partial charge on any atom is -0.490 e. The van der Waals surface area contributed by atoms with Gasteiger partial charge in [0.1, 0.15) is 0 Å². The fraction of sp³-hybridized carbons (Fsp3) is 0.273. The highest BCUT2D eigenvalue weighted by molar-refractivity contribution is 6.09. The Morgan fingerprint density at radius 1 is 1.35 bits per heavy atom. The van der Waals surface area contributed by atoms with Crippen molar-refractivity contribution in [3.05, 3.63) is 33.9 Å². The van der Waals surface area contributed by atoms with Crippen molar-refractivity contribution in [3.8, 4) is 5.75 Å². The van der Waals surface area contributed by atoms with E-state index >= 15 is 0 Å². The molecule has 1 aromatic carbocycles. The van der Waals surface area contributed by atoms with Gasteiger partial charge in [-0.2, -0.15) is 13.2 Å². The number of nitro benzene ring substituents is 1. The van der Waals surface area contributed by atoms with Crippen molar-refractivity contribution in [1.82, 2.24) is 0 Å². The molecule has 0 unspecified atom stereocenters. The summed E-state index contributed by atoms with van der Waals surface area (Å²) in [4.78, 5) is 32.0. The average Bonchev–Trinajstić information content (AvgIpc) is 2.36. The molecule has 1 aromatic rings. The van der Waals surface area contributed by atoms with E-state index in [1.165, 1.54) is 0 Å². The van der Waals surface area contributed by atoms with Gasteiger partial charge in [0.05, 0.1) is 18.5 Å². The standard InChI is InChI=1S/C11H8F3NO5/c1-20-9-3-2-6(4-7(9)15(18)19)8(16)5-10(17)11(12,13)14/h2-4H,5H2,1H3. The molecule has 9 heteroatoms. The lowest BCUT2D eigenvalue weighted by atomic mass is 10.0. The Hall–Kier alpha value is -2.45. The number of ketones is 2. The van der Waals surface area contributed by atoms with Crippen LogP contribution in [0.1, 0.15) is 16.8 Å². The monoisotopic (exact) mass is 291 g/mol. The zero-order chi connectivity index (χ0) is 15.5. The van der Waals surface area contributed by atoms with E-state index in [2.05, 4.69) is 4.74 Å². The van der Waals surface area contributed by atoms with Gasteiger partial charge in [-0.25, -0.2) is 0 Å². The molecule has 20 heavy (non-hydrogen) atoms. The summed E-state index contributed by atoms with van der Waals surface area (Å²) in [6.07, 6.45) is -6.51. The highest BCUT2D eigenvalue weighted by Crippen LogP contribution is 2.28. The minimum absolute atomic E-state index is 0.145. The van der Waals surface area contributed by atoms with Gasteiger partial charge in [-0.05, 0) is 12.1 Å². The molecule has 6 nitrogen and oxygen atoms in total. The van der Waals surface area contributed by atoms with Gasteiger partial charge in [0.15, 0.2) is 11.5 Å². The van der Waals surface area contributed by atoms with Crippen LogP contribution in [0.4, 0.5) is 18.9 Å². The van der Waals surface area contributed by atoms with E-state index in [1.54, 1.807) is 0 Å². The lowest BCUT2D eigenvalue weighted by Crippen LogP contribution is -2.25. The van der Waals surface area contributed by atoms with Crippen LogP contribution >= 0.6 is 0 Å². The van der Waals surface area contributed by atoms with Crippen molar-refractivity contribution in [2.24, 2.45) is 0 Å². The number of rotatable bonds is 5. The van der Waals surface area contributed by atoms with Gasteiger partial charge in [-0.15, -0.1) is 0 Å². The summed E-state index contributed by atoms with van der Waals surface area (Å²) in [6.45, 7) is 0. The summed E-state index contributed by atoms with van der Waals surface area (Å²) in [6, 6.07) is 2.89. The van der Waals surface area contributed by atoms with Crippen LogP contribution in [0.5, 0.6) is 5.75 Å². The number of alkyl halides is 3. The van der Waals surface area contributed by atoms with Gasteiger partial charge in [0.2, 0.25) is 5.78 Å². The smallest absolute Gasteiger partial charge is 0.450 e. The van der Waals surface area contributed by atoms with Crippen molar-refractivity contribution in [2.45, 2.75) is 12.6 Å². The first-order valence-corrected chi connectivity index (χ1v) is 5.12. The lowest BCUT2D eigenvalue weighted by Gasteiger charge is -2.06. The number of nitro groups is 1. The third-order valence-corrected chi connectivity index (χ3v) is 2.33. The van der Waals surface area contributed by atoms with E-state index in [-0.39, 0.29) is 11.3 Å². The maximum absolute atomic E-state index is 12.0. The Balaban J connectivity index is 3.03. The molecule has 0 saturated carbocycles. The molecule has 0 aliphatic rings. The van der Waals surface area contributed by atoms with E-state index < -0.39 is 34.8 Å². The van der Waals surface area contributed by atoms with Gasteiger partial charge in [-0.1, -0.05) is 0 Å². The zero-order valence-electron chi connectivity index (χ0n) is 10.1. The number of hydrogen-bond acceptors (Lipinski definition) is 5. The maximum atomic E-state index is 12.0. The molecule has 0 radical (unpaired) electrons. The van der Waals surface area contributed by atoms with Crippen LogP contribution in [0.3, 0.4) is 0 Å². The zero-order valence-corrected chi connectivity index (χ0v) is 10.1. The molecule has 0 fully saturated rings. The van der Waals surface area contributed by atoms with Gasteiger partial charge >= 0.3 is 11.9 Å². The molecule has 0 aliphatic heterocycles. The van der Waals surface area contributed by atoms with Crippen LogP contribution in [-0.2, 0) is 4.79 Å². The van der Waals surface area contributed by atoms with Crippen molar-refractivity contribution < 1.29 is 32.4 Å². The molecule has 0 heterocycles.